The fourth-order valence-corrected chi connectivity index (χ4v) is 3.19. The van der Waals surface area contributed by atoms with Gasteiger partial charge in [-0.25, -0.2) is 17.1 Å². The first-order valence-corrected chi connectivity index (χ1v) is 9.86. The molecule has 0 fully saturated rings. The molecule has 0 saturated carbocycles. The predicted octanol–water partition coefficient (Wildman–Crippen LogP) is 1.20. The molecule has 0 radical (unpaired) electrons. The molecule has 1 rings (SSSR count). The third-order valence-corrected chi connectivity index (χ3v) is 4.95. The van der Waals surface area contributed by atoms with E-state index < -0.39 is 10.0 Å². The minimum Gasteiger partial charge on any atom is -0.356 e. The number of sulfonamides is 1. The summed E-state index contributed by atoms with van der Waals surface area (Å²) >= 11 is 0. The zero-order chi connectivity index (χ0) is 18.0. The molecule has 0 bridgehead atoms. The van der Waals surface area contributed by atoms with Crippen molar-refractivity contribution in [2.24, 2.45) is 4.99 Å². The van der Waals surface area contributed by atoms with Crippen LogP contribution in [0.1, 0.15) is 18.9 Å². The van der Waals surface area contributed by atoms with Gasteiger partial charge in [-0.3, -0.25) is 4.99 Å². The Morgan fingerprint density at radius 3 is 2.50 bits per heavy atom. The smallest absolute Gasteiger partial charge is 0.211 e. The second kappa shape index (κ2) is 10.2. The van der Waals surface area contributed by atoms with Crippen LogP contribution in [0.3, 0.4) is 0 Å². The summed E-state index contributed by atoms with van der Waals surface area (Å²) < 4.78 is 37.9. The first kappa shape index (κ1) is 20.4. The Bertz CT molecular complexity index is 635. The van der Waals surface area contributed by atoms with Crippen LogP contribution < -0.4 is 10.6 Å². The second-order valence-corrected chi connectivity index (χ2v) is 7.36. The third kappa shape index (κ3) is 7.27. The molecule has 136 valence electrons. The number of nitrogens with zero attached hydrogens (tertiary/aromatic N) is 2. The first-order valence-electron chi connectivity index (χ1n) is 8.01. The van der Waals surface area contributed by atoms with Crippen LogP contribution in [0, 0.1) is 5.82 Å². The molecule has 0 heterocycles. The van der Waals surface area contributed by atoms with Gasteiger partial charge in [-0.15, -0.1) is 0 Å². The van der Waals surface area contributed by atoms with Gasteiger partial charge < -0.3 is 10.6 Å². The van der Waals surface area contributed by atoms with Crippen LogP contribution in [0.25, 0.3) is 0 Å². The van der Waals surface area contributed by atoms with Crippen LogP contribution in [0.2, 0.25) is 0 Å². The summed E-state index contributed by atoms with van der Waals surface area (Å²) in [7, 11) is -1.49. The van der Waals surface area contributed by atoms with E-state index in [0.717, 1.165) is 0 Å². The fourth-order valence-electron chi connectivity index (χ4n) is 2.26. The molecule has 0 aliphatic heterocycles. The SMILES string of the molecule is CCN(CCCNC(=NC)NCCc1ccccc1F)S(C)(=O)=O. The van der Waals surface area contributed by atoms with Gasteiger partial charge in [0.25, 0.3) is 0 Å². The normalized spacial score (nSPS) is 12.5. The summed E-state index contributed by atoms with van der Waals surface area (Å²) in [6, 6.07) is 6.69. The molecule has 1 aromatic carbocycles. The number of benzene rings is 1. The van der Waals surface area contributed by atoms with Gasteiger partial charge >= 0.3 is 0 Å². The fraction of sp³-hybridized carbons (Fsp3) is 0.562. The van der Waals surface area contributed by atoms with E-state index in [4.69, 9.17) is 0 Å². The molecule has 0 saturated heterocycles. The Morgan fingerprint density at radius 2 is 1.92 bits per heavy atom. The average Bonchev–Trinajstić information content (AvgIpc) is 2.53. The molecule has 0 unspecified atom stereocenters. The summed E-state index contributed by atoms with van der Waals surface area (Å²) in [6.07, 6.45) is 2.45. The molecule has 1 aromatic rings. The summed E-state index contributed by atoms with van der Waals surface area (Å²) in [5, 5.41) is 6.24. The van der Waals surface area contributed by atoms with Crippen molar-refractivity contribution in [1.82, 2.24) is 14.9 Å². The van der Waals surface area contributed by atoms with Gasteiger partial charge in [-0.1, -0.05) is 25.1 Å². The lowest BCUT2D eigenvalue weighted by molar-refractivity contribution is 0.424. The number of nitrogens with one attached hydrogen (secondary N) is 2. The minimum atomic E-state index is -3.15. The largest absolute Gasteiger partial charge is 0.356 e. The summed E-state index contributed by atoms with van der Waals surface area (Å²) in [5.41, 5.74) is 0.659. The summed E-state index contributed by atoms with van der Waals surface area (Å²) in [5.74, 6) is 0.413. The molecular weight excluding hydrogens is 331 g/mol. The van der Waals surface area contributed by atoms with Crippen LogP contribution in [0.5, 0.6) is 0 Å². The Labute approximate surface area is 144 Å². The van der Waals surface area contributed by atoms with Crippen LogP contribution in [-0.2, 0) is 16.4 Å². The van der Waals surface area contributed by atoms with E-state index in [1.165, 1.54) is 16.6 Å². The van der Waals surface area contributed by atoms with Gasteiger partial charge in [0.05, 0.1) is 6.26 Å². The van der Waals surface area contributed by atoms with Crippen LogP contribution in [0.4, 0.5) is 4.39 Å². The quantitative estimate of drug-likeness (QED) is 0.395. The highest BCUT2D eigenvalue weighted by Crippen LogP contribution is 2.06. The molecule has 2 N–H and O–H groups in total. The van der Waals surface area contributed by atoms with E-state index >= 15 is 0 Å². The van der Waals surface area contributed by atoms with E-state index in [-0.39, 0.29) is 5.82 Å². The van der Waals surface area contributed by atoms with Gasteiger partial charge in [0.15, 0.2) is 5.96 Å². The van der Waals surface area contributed by atoms with Gasteiger partial charge in [0.1, 0.15) is 5.82 Å². The standard InChI is InChI=1S/C16H27FN4O2S/c1-4-21(24(3,22)23)13-7-11-19-16(18-2)20-12-10-14-8-5-6-9-15(14)17/h5-6,8-9H,4,7,10-13H2,1-3H3,(H2,18,19,20). The minimum absolute atomic E-state index is 0.206. The maximum atomic E-state index is 13.5. The number of rotatable bonds is 9. The predicted molar refractivity (Wildman–Crippen MR) is 96.2 cm³/mol. The monoisotopic (exact) mass is 358 g/mol. The van der Waals surface area contributed by atoms with E-state index in [1.54, 1.807) is 19.2 Å². The molecule has 24 heavy (non-hydrogen) atoms. The zero-order valence-corrected chi connectivity index (χ0v) is 15.4. The number of halogens is 1. The van der Waals surface area contributed by atoms with Crippen molar-refractivity contribution in [1.29, 1.82) is 0 Å². The number of aliphatic imine (C=N–C) groups is 1. The van der Waals surface area contributed by atoms with Crippen molar-refractivity contribution in [3.63, 3.8) is 0 Å². The van der Waals surface area contributed by atoms with Crippen molar-refractivity contribution < 1.29 is 12.8 Å². The van der Waals surface area contributed by atoms with E-state index in [1.807, 2.05) is 13.0 Å². The van der Waals surface area contributed by atoms with Gasteiger partial charge in [-0.05, 0) is 24.5 Å². The van der Waals surface area contributed by atoms with Crippen molar-refractivity contribution in [3.05, 3.63) is 35.6 Å². The number of hydrogen-bond acceptors (Lipinski definition) is 3. The molecule has 0 amide bonds. The highest BCUT2D eigenvalue weighted by atomic mass is 32.2. The Hall–Kier alpha value is -1.67. The number of hydrogen-bond donors (Lipinski definition) is 2. The van der Waals surface area contributed by atoms with Crippen LogP contribution in [-0.4, -0.2) is 58.2 Å². The van der Waals surface area contributed by atoms with Gasteiger partial charge in [-0.2, -0.15) is 0 Å². The topological polar surface area (TPSA) is 73.8 Å². The highest BCUT2D eigenvalue weighted by Gasteiger charge is 2.13. The van der Waals surface area contributed by atoms with Crippen LogP contribution in [0.15, 0.2) is 29.3 Å². The molecule has 6 nitrogen and oxygen atoms in total. The lowest BCUT2D eigenvalue weighted by atomic mass is 10.1. The lowest BCUT2D eigenvalue weighted by Crippen LogP contribution is -2.40. The van der Waals surface area contributed by atoms with Crippen LogP contribution >= 0.6 is 0 Å². The van der Waals surface area contributed by atoms with E-state index in [9.17, 15) is 12.8 Å². The van der Waals surface area contributed by atoms with E-state index in [0.29, 0.717) is 50.5 Å². The third-order valence-electron chi connectivity index (χ3n) is 3.57. The first-order chi connectivity index (χ1) is 11.4. The average molecular weight is 358 g/mol. The molecule has 0 aliphatic rings. The summed E-state index contributed by atoms with van der Waals surface area (Å²) in [6.45, 7) is 3.91. The van der Waals surface area contributed by atoms with E-state index in [2.05, 4.69) is 15.6 Å². The lowest BCUT2D eigenvalue weighted by Gasteiger charge is -2.18. The second-order valence-electron chi connectivity index (χ2n) is 5.38. The molecule has 0 aromatic heterocycles. The van der Waals surface area contributed by atoms with Crippen molar-refractivity contribution in [3.8, 4) is 0 Å². The van der Waals surface area contributed by atoms with Crippen molar-refractivity contribution >= 4 is 16.0 Å². The molecule has 0 spiro atoms. The highest BCUT2D eigenvalue weighted by molar-refractivity contribution is 7.88. The van der Waals surface area contributed by atoms with Crippen molar-refractivity contribution in [2.75, 3.05) is 39.5 Å². The maximum absolute atomic E-state index is 13.5. The van der Waals surface area contributed by atoms with Gasteiger partial charge in [0.2, 0.25) is 10.0 Å². The molecule has 0 atom stereocenters. The zero-order valence-electron chi connectivity index (χ0n) is 14.5. The Kier molecular flexibility index (Phi) is 8.70. The summed E-state index contributed by atoms with van der Waals surface area (Å²) in [4.78, 5) is 4.10. The van der Waals surface area contributed by atoms with Crippen molar-refractivity contribution in [2.45, 2.75) is 19.8 Å². The molecular formula is C16H27FN4O2S. The Balaban J connectivity index is 2.29. The molecule has 8 heteroatoms. The number of guanidine groups is 1. The maximum Gasteiger partial charge on any atom is 0.211 e. The van der Waals surface area contributed by atoms with Gasteiger partial charge in [0, 0.05) is 33.2 Å². The molecule has 0 aliphatic carbocycles. The Morgan fingerprint density at radius 1 is 1.25 bits per heavy atom.